The average Bonchev–Trinajstić information content (AvgIpc) is 2.39. The van der Waals surface area contributed by atoms with Crippen LogP contribution < -0.4 is 0 Å². The minimum absolute atomic E-state index is 0.475. The molecule has 1 heterocycles. The molecule has 92 valence electrons. The normalized spacial score (nSPS) is 10.1. The number of hydrogen-bond donors (Lipinski definition) is 0. The molecule has 0 atom stereocenters. The number of carbonyl (C=O) groups is 1. The fraction of sp³-hybridized carbons (Fsp3) is 0.143. The van der Waals surface area contributed by atoms with Crippen molar-refractivity contribution in [2.45, 2.75) is 6.92 Å². The molecule has 4 nitrogen and oxygen atoms in total. The third-order valence-corrected chi connectivity index (χ3v) is 2.62. The van der Waals surface area contributed by atoms with Gasteiger partial charge >= 0.3 is 5.97 Å². The van der Waals surface area contributed by atoms with Crippen LogP contribution in [0.1, 0.15) is 15.9 Å². The van der Waals surface area contributed by atoms with Crippen LogP contribution in [0.25, 0.3) is 11.1 Å². The van der Waals surface area contributed by atoms with Gasteiger partial charge in [-0.15, -0.1) is 0 Å². The van der Waals surface area contributed by atoms with E-state index >= 15 is 0 Å². The van der Waals surface area contributed by atoms with Gasteiger partial charge in [-0.05, 0) is 41.8 Å². The molecule has 2 aromatic rings. The van der Waals surface area contributed by atoms with Crippen molar-refractivity contribution < 1.29 is 14.6 Å². The van der Waals surface area contributed by atoms with Crippen LogP contribution in [0.4, 0.5) is 0 Å². The maximum Gasteiger partial charge on any atom is 0.373 e. The molecule has 4 heteroatoms. The highest BCUT2D eigenvalue weighted by Crippen LogP contribution is 2.27. The Morgan fingerprint density at radius 1 is 1.17 bits per heavy atom. The molecule has 1 aromatic carbocycles. The van der Waals surface area contributed by atoms with Crippen molar-refractivity contribution in [3.05, 3.63) is 53.9 Å². The third kappa shape index (κ3) is 2.38. The van der Waals surface area contributed by atoms with E-state index in [-0.39, 0.29) is 0 Å². The molecule has 0 saturated heterocycles. The molecule has 0 bridgehead atoms. The molecule has 0 N–H and O–H groups in total. The minimum atomic E-state index is -0.506. The van der Waals surface area contributed by atoms with Gasteiger partial charge in [-0.25, -0.2) is 4.79 Å². The molecule has 0 fully saturated rings. The molecule has 0 spiro atoms. The van der Waals surface area contributed by atoms with Gasteiger partial charge < -0.3 is 0 Å². The summed E-state index contributed by atoms with van der Waals surface area (Å²) in [6.07, 6.45) is 3.38. The summed E-state index contributed by atoms with van der Waals surface area (Å²) >= 11 is 0. The lowest BCUT2D eigenvalue weighted by atomic mass is 9.96. The van der Waals surface area contributed by atoms with Gasteiger partial charge in [-0.3, -0.25) is 9.87 Å². The number of aromatic nitrogens is 1. The molecule has 18 heavy (non-hydrogen) atoms. The first kappa shape index (κ1) is 12.3. The molecule has 0 radical (unpaired) electrons. The first-order valence-electron chi connectivity index (χ1n) is 5.49. The van der Waals surface area contributed by atoms with Crippen molar-refractivity contribution in [2.75, 3.05) is 7.11 Å². The van der Waals surface area contributed by atoms with Crippen LogP contribution >= 0.6 is 0 Å². The van der Waals surface area contributed by atoms with E-state index in [9.17, 15) is 4.79 Å². The van der Waals surface area contributed by atoms with Crippen molar-refractivity contribution in [3.8, 4) is 11.1 Å². The highest BCUT2D eigenvalue weighted by Gasteiger charge is 2.16. The van der Waals surface area contributed by atoms with Gasteiger partial charge in [0.15, 0.2) is 0 Å². The second kappa shape index (κ2) is 5.42. The quantitative estimate of drug-likeness (QED) is 0.614. The van der Waals surface area contributed by atoms with E-state index in [1.807, 2.05) is 31.2 Å². The molecular formula is C14H13NO3. The molecular weight excluding hydrogens is 230 g/mol. The SMILES string of the molecule is COOC(=O)c1cccc(C)c1-c1ccncc1. The fourth-order valence-corrected chi connectivity index (χ4v) is 1.86. The Balaban J connectivity index is 2.55. The largest absolute Gasteiger partial charge is 0.373 e. The van der Waals surface area contributed by atoms with Gasteiger partial charge in [-0.1, -0.05) is 12.1 Å². The molecule has 0 unspecified atom stereocenters. The molecule has 0 amide bonds. The van der Waals surface area contributed by atoms with Crippen molar-refractivity contribution in [1.82, 2.24) is 4.98 Å². The maximum absolute atomic E-state index is 11.8. The Morgan fingerprint density at radius 3 is 2.56 bits per heavy atom. The van der Waals surface area contributed by atoms with E-state index < -0.39 is 5.97 Å². The summed E-state index contributed by atoms with van der Waals surface area (Å²) < 4.78 is 0. The van der Waals surface area contributed by atoms with Crippen LogP contribution in [0.2, 0.25) is 0 Å². The first-order valence-corrected chi connectivity index (χ1v) is 5.49. The summed E-state index contributed by atoms with van der Waals surface area (Å²) in [5.41, 5.74) is 3.22. The Morgan fingerprint density at radius 2 is 1.89 bits per heavy atom. The Labute approximate surface area is 105 Å². The highest BCUT2D eigenvalue weighted by molar-refractivity contribution is 5.97. The fourth-order valence-electron chi connectivity index (χ4n) is 1.86. The Bertz CT molecular complexity index is 552. The second-order valence-corrected chi connectivity index (χ2v) is 3.77. The third-order valence-electron chi connectivity index (χ3n) is 2.62. The number of aryl methyl sites for hydroxylation is 1. The van der Waals surface area contributed by atoms with Crippen LogP contribution in [0.5, 0.6) is 0 Å². The van der Waals surface area contributed by atoms with Gasteiger partial charge in [0.2, 0.25) is 0 Å². The first-order chi connectivity index (χ1) is 8.74. The van der Waals surface area contributed by atoms with E-state index in [4.69, 9.17) is 0 Å². The van der Waals surface area contributed by atoms with E-state index in [0.717, 1.165) is 16.7 Å². The molecule has 0 saturated carbocycles. The van der Waals surface area contributed by atoms with Gasteiger partial charge in [-0.2, -0.15) is 4.89 Å². The molecule has 2 rings (SSSR count). The Hall–Kier alpha value is -2.20. The number of benzene rings is 1. The van der Waals surface area contributed by atoms with Crippen molar-refractivity contribution in [2.24, 2.45) is 0 Å². The van der Waals surface area contributed by atoms with Crippen LogP contribution in [-0.2, 0) is 9.78 Å². The van der Waals surface area contributed by atoms with E-state index in [0.29, 0.717) is 5.56 Å². The molecule has 1 aromatic heterocycles. The van der Waals surface area contributed by atoms with Crippen LogP contribution in [0.3, 0.4) is 0 Å². The minimum Gasteiger partial charge on any atom is -0.293 e. The zero-order valence-electron chi connectivity index (χ0n) is 10.2. The zero-order valence-corrected chi connectivity index (χ0v) is 10.2. The second-order valence-electron chi connectivity index (χ2n) is 3.77. The predicted octanol–water partition coefficient (Wildman–Crippen LogP) is 2.78. The van der Waals surface area contributed by atoms with E-state index in [1.165, 1.54) is 7.11 Å². The lowest BCUT2D eigenvalue weighted by Gasteiger charge is -2.10. The predicted molar refractivity (Wildman–Crippen MR) is 66.8 cm³/mol. The smallest absolute Gasteiger partial charge is 0.293 e. The highest BCUT2D eigenvalue weighted by atomic mass is 17.2. The maximum atomic E-state index is 11.8. The van der Waals surface area contributed by atoms with Crippen molar-refractivity contribution >= 4 is 5.97 Å². The van der Waals surface area contributed by atoms with Crippen LogP contribution in [-0.4, -0.2) is 18.1 Å². The van der Waals surface area contributed by atoms with Crippen molar-refractivity contribution in [1.29, 1.82) is 0 Å². The molecule has 0 aliphatic rings. The summed E-state index contributed by atoms with van der Waals surface area (Å²) in [4.78, 5) is 24.8. The van der Waals surface area contributed by atoms with E-state index in [2.05, 4.69) is 14.8 Å². The van der Waals surface area contributed by atoms with Crippen LogP contribution in [0, 0.1) is 6.92 Å². The van der Waals surface area contributed by atoms with Gasteiger partial charge in [0.1, 0.15) is 0 Å². The van der Waals surface area contributed by atoms with Gasteiger partial charge in [0, 0.05) is 12.4 Å². The lowest BCUT2D eigenvalue weighted by molar-refractivity contribution is -0.216. The summed E-state index contributed by atoms with van der Waals surface area (Å²) in [5.74, 6) is -0.506. The summed E-state index contributed by atoms with van der Waals surface area (Å²) in [5, 5.41) is 0. The van der Waals surface area contributed by atoms with Crippen molar-refractivity contribution in [3.63, 3.8) is 0 Å². The summed E-state index contributed by atoms with van der Waals surface area (Å²) in [6, 6.07) is 9.17. The number of hydrogen-bond acceptors (Lipinski definition) is 4. The number of rotatable bonds is 3. The Kier molecular flexibility index (Phi) is 3.69. The number of nitrogens with zero attached hydrogens (tertiary/aromatic N) is 1. The molecule has 0 aliphatic heterocycles. The monoisotopic (exact) mass is 243 g/mol. The van der Waals surface area contributed by atoms with Gasteiger partial charge in [0.05, 0.1) is 12.7 Å². The lowest BCUT2D eigenvalue weighted by Crippen LogP contribution is -2.06. The number of pyridine rings is 1. The van der Waals surface area contributed by atoms with Gasteiger partial charge in [0.25, 0.3) is 0 Å². The summed E-state index contributed by atoms with van der Waals surface area (Å²) in [7, 11) is 1.31. The average molecular weight is 243 g/mol. The number of carbonyl (C=O) groups excluding carboxylic acids is 1. The van der Waals surface area contributed by atoms with E-state index in [1.54, 1.807) is 18.5 Å². The summed E-state index contributed by atoms with van der Waals surface area (Å²) in [6.45, 7) is 1.94. The standard InChI is InChI=1S/C14H13NO3/c1-10-4-3-5-12(14(16)18-17-2)13(10)11-6-8-15-9-7-11/h3-9H,1-2H3. The zero-order chi connectivity index (χ0) is 13.0. The van der Waals surface area contributed by atoms with Crippen LogP contribution in [0.15, 0.2) is 42.7 Å². The molecule has 0 aliphatic carbocycles. The topological polar surface area (TPSA) is 48.4 Å².